The van der Waals surface area contributed by atoms with E-state index >= 15 is 0 Å². The molecule has 0 spiro atoms. The van der Waals surface area contributed by atoms with Gasteiger partial charge in [0, 0.05) is 5.54 Å². The molecule has 2 N–H and O–H groups in total. The topological polar surface area (TPSA) is 74.6 Å². The summed E-state index contributed by atoms with van der Waals surface area (Å²) in [6, 6.07) is 0. The predicted molar refractivity (Wildman–Crippen MR) is 33.8 cm³/mol. The third-order valence-corrected chi connectivity index (χ3v) is 1.01. The van der Waals surface area contributed by atoms with Gasteiger partial charge in [0.15, 0.2) is 0 Å². The molecule has 0 aromatic rings. The number of hydrogen-bond acceptors (Lipinski definition) is 2. The molecule has 0 rings (SSSR count). The van der Waals surface area contributed by atoms with Crippen LogP contribution < -0.4 is 0 Å². The highest BCUT2D eigenvalue weighted by molar-refractivity contribution is 6.27. The maximum atomic E-state index is 10.0. The van der Waals surface area contributed by atoms with E-state index in [1.165, 1.54) is 0 Å². The Morgan fingerprint density at radius 1 is 1.40 bits per heavy atom. The van der Waals surface area contributed by atoms with Crippen molar-refractivity contribution in [3.05, 3.63) is 11.1 Å². The Kier molecular flexibility index (Phi) is 3.49. The number of aliphatic carboxylic acids is 2. The van der Waals surface area contributed by atoms with Gasteiger partial charge in [-0.05, 0) is 0 Å². The second-order valence-corrected chi connectivity index (χ2v) is 1.73. The van der Waals surface area contributed by atoms with Crippen molar-refractivity contribution in [3.8, 4) is 0 Å². The van der Waals surface area contributed by atoms with Gasteiger partial charge < -0.3 is 10.2 Å². The SMILES string of the molecule is O=C(O)CC(=CCl)C(=O)O. The lowest BCUT2D eigenvalue weighted by molar-refractivity contribution is -0.139. The molecule has 0 aliphatic heterocycles. The zero-order chi connectivity index (χ0) is 8.15. The Balaban J connectivity index is 4.12. The van der Waals surface area contributed by atoms with Crippen LogP contribution in [-0.4, -0.2) is 22.2 Å². The molecule has 5 heteroatoms. The Labute approximate surface area is 61.7 Å². The first-order valence-electron chi connectivity index (χ1n) is 2.32. The van der Waals surface area contributed by atoms with Crippen LogP contribution in [0.15, 0.2) is 11.1 Å². The zero-order valence-electron chi connectivity index (χ0n) is 4.87. The van der Waals surface area contributed by atoms with Crippen molar-refractivity contribution in [2.75, 3.05) is 0 Å². The summed E-state index contributed by atoms with van der Waals surface area (Å²) in [5.41, 5.74) is 0.422. The summed E-state index contributed by atoms with van der Waals surface area (Å²) >= 11 is 5.00. The molecule has 0 atom stereocenters. The van der Waals surface area contributed by atoms with E-state index in [1.807, 2.05) is 0 Å². The molecule has 4 nitrogen and oxygen atoms in total. The molecule has 0 saturated heterocycles. The van der Waals surface area contributed by atoms with Crippen LogP contribution in [0.5, 0.6) is 0 Å². The number of carbonyl (C=O) groups is 2. The van der Waals surface area contributed by atoms with Crippen LogP contribution >= 0.6 is 11.6 Å². The van der Waals surface area contributed by atoms with Gasteiger partial charge in [0.05, 0.1) is 12.0 Å². The van der Waals surface area contributed by atoms with Crippen molar-refractivity contribution < 1.29 is 19.8 Å². The fourth-order valence-corrected chi connectivity index (χ4v) is 0.494. The van der Waals surface area contributed by atoms with Gasteiger partial charge in [0.25, 0.3) is 0 Å². The van der Waals surface area contributed by atoms with Crippen molar-refractivity contribution in [2.45, 2.75) is 6.42 Å². The second-order valence-electron chi connectivity index (χ2n) is 1.51. The minimum absolute atomic E-state index is 0.325. The van der Waals surface area contributed by atoms with Gasteiger partial charge in [-0.25, -0.2) is 4.79 Å². The lowest BCUT2D eigenvalue weighted by Gasteiger charge is -1.92. The van der Waals surface area contributed by atoms with Gasteiger partial charge in [0.2, 0.25) is 0 Å². The molecule has 0 fully saturated rings. The number of carboxylic acids is 2. The van der Waals surface area contributed by atoms with E-state index in [0.29, 0.717) is 0 Å². The highest BCUT2D eigenvalue weighted by atomic mass is 35.5. The van der Waals surface area contributed by atoms with Crippen LogP contribution in [0.2, 0.25) is 0 Å². The summed E-state index contributed by atoms with van der Waals surface area (Å²) in [5.74, 6) is -2.52. The summed E-state index contributed by atoms with van der Waals surface area (Å²) in [7, 11) is 0. The summed E-state index contributed by atoms with van der Waals surface area (Å²) in [5, 5.41) is 16.3. The Bertz CT molecular complexity index is 184. The fourth-order valence-electron chi connectivity index (χ4n) is 0.324. The van der Waals surface area contributed by atoms with Gasteiger partial charge in [-0.2, -0.15) is 0 Å². The molecule has 0 bridgehead atoms. The van der Waals surface area contributed by atoms with Crippen LogP contribution in [0, 0.1) is 0 Å². The smallest absolute Gasteiger partial charge is 0.333 e. The van der Waals surface area contributed by atoms with Crippen LogP contribution in [0.25, 0.3) is 0 Å². The molecule has 0 heterocycles. The van der Waals surface area contributed by atoms with Gasteiger partial charge in [-0.1, -0.05) is 11.6 Å². The van der Waals surface area contributed by atoms with E-state index in [4.69, 9.17) is 21.8 Å². The van der Waals surface area contributed by atoms with Crippen LogP contribution in [0.1, 0.15) is 6.42 Å². The highest BCUT2D eigenvalue weighted by Gasteiger charge is 2.10. The van der Waals surface area contributed by atoms with Crippen molar-refractivity contribution >= 4 is 23.5 Å². The normalized spacial score (nSPS) is 11.1. The molecule has 0 aliphatic carbocycles. The minimum Gasteiger partial charge on any atom is -0.481 e. The molecule has 0 radical (unpaired) electrons. The Morgan fingerprint density at radius 3 is 2.00 bits per heavy atom. The number of halogens is 1. The minimum atomic E-state index is -1.31. The maximum absolute atomic E-state index is 10.0. The van der Waals surface area contributed by atoms with Crippen LogP contribution in [-0.2, 0) is 9.59 Å². The molecule has 0 saturated carbocycles. The van der Waals surface area contributed by atoms with Gasteiger partial charge in [-0.3, -0.25) is 4.79 Å². The standard InChI is InChI=1S/C5H5ClO4/c6-2-3(5(9)10)1-4(7)8/h2H,1H2,(H,7,8)(H,9,10). The van der Waals surface area contributed by atoms with Crippen molar-refractivity contribution in [1.82, 2.24) is 0 Å². The van der Waals surface area contributed by atoms with Crippen molar-refractivity contribution in [3.63, 3.8) is 0 Å². The summed E-state index contributed by atoms with van der Waals surface area (Å²) in [4.78, 5) is 20.0. The number of rotatable bonds is 3. The summed E-state index contributed by atoms with van der Waals surface area (Å²) in [6.45, 7) is 0. The number of hydrogen-bond donors (Lipinski definition) is 2. The van der Waals surface area contributed by atoms with Crippen molar-refractivity contribution in [2.24, 2.45) is 0 Å². The quantitative estimate of drug-likeness (QED) is 0.602. The highest BCUT2D eigenvalue weighted by Crippen LogP contribution is 2.02. The summed E-state index contributed by atoms with van der Waals surface area (Å²) < 4.78 is 0. The van der Waals surface area contributed by atoms with E-state index < -0.39 is 18.4 Å². The third kappa shape index (κ3) is 3.09. The lowest BCUT2D eigenvalue weighted by Crippen LogP contribution is -2.05. The van der Waals surface area contributed by atoms with Gasteiger partial charge in [-0.15, -0.1) is 0 Å². The first-order chi connectivity index (χ1) is 4.57. The molecule has 0 aromatic carbocycles. The van der Waals surface area contributed by atoms with E-state index in [-0.39, 0.29) is 5.57 Å². The fraction of sp³-hybridized carbons (Fsp3) is 0.200. The van der Waals surface area contributed by atoms with E-state index in [1.54, 1.807) is 0 Å². The second kappa shape index (κ2) is 3.90. The molecule has 0 amide bonds. The average Bonchev–Trinajstić information content (AvgIpc) is 1.81. The monoisotopic (exact) mass is 164 g/mol. The van der Waals surface area contributed by atoms with Crippen LogP contribution in [0.4, 0.5) is 0 Å². The molecule has 56 valence electrons. The molecular formula is C5H5ClO4. The van der Waals surface area contributed by atoms with E-state index in [0.717, 1.165) is 5.54 Å². The van der Waals surface area contributed by atoms with E-state index in [9.17, 15) is 9.59 Å². The first kappa shape index (κ1) is 8.97. The zero-order valence-corrected chi connectivity index (χ0v) is 5.63. The molecule has 10 heavy (non-hydrogen) atoms. The molecule has 0 aromatic heterocycles. The number of carboxylic acid groups (broad SMARTS) is 2. The van der Waals surface area contributed by atoms with Crippen molar-refractivity contribution in [1.29, 1.82) is 0 Å². The Hall–Kier alpha value is -1.03. The largest absolute Gasteiger partial charge is 0.481 e. The molecule has 0 unspecified atom stereocenters. The van der Waals surface area contributed by atoms with Crippen LogP contribution in [0.3, 0.4) is 0 Å². The Morgan fingerprint density at radius 2 is 1.90 bits per heavy atom. The predicted octanol–water partition coefficient (Wildman–Crippen LogP) is 0.668. The van der Waals surface area contributed by atoms with E-state index in [2.05, 4.69) is 0 Å². The summed E-state index contributed by atoms with van der Waals surface area (Å²) in [6.07, 6.45) is -0.557. The van der Waals surface area contributed by atoms with Gasteiger partial charge >= 0.3 is 11.9 Å². The molecular weight excluding hydrogens is 160 g/mol. The first-order valence-corrected chi connectivity index (χ1v) is 2.76. The third-order valence-electron chi connectivity index (χ3n) is 0.748. The van der Waals surface area contributed by atoms with Gasteiger partial charge in [0.1, 0.15) is 0 Å². The molecule has 0 aliphatic rings. The maximum Gasteiger partial charge on any atom is 0.333 e. The lowest BCUT2D eigenvalue weighted by atomic mass is 10.2. The average molecular weight is 165 g/mol.